The second-order valence-electron chi connectivity index (χ2n) is 25.0. The Balaban J connectivity index is 1.23. The third kappa shape index (κ3) is 11.9. The highest BCUT2D eigenvalue weighted by molar-refractivity contribution is 6.44. The highest BCUT2D eigenvalue weighted by Crippen LogP contribution is 2.59. The molecule has 0 aromatic heterocycles. The Morgan fingerprint density at radius 3 is 0.855 bits per heavy atom. The van der Waals surface area contributed by atoms with Crippen molar-refractivity contribution in [3.05, 3.63) is 109 Å². The number of fused-ring (bicyclic) bond motifs is 1. The van der Waals surface area contributed by atoms with Crippen molar-refractivity contribution >= 4 is 87.3 Å². The first-order valence-electron chi connectivity index (χ1n) is 32.1. The molecule has 0 N–H and O–H groups in total. The molecular formula is C76H104. The van der Waals surface area contributed by atoms with E-state index in [1.54, 1.807) is 0 Å². The molecule has 0 saturated carbocycles. The maximum atomic E-state index is 5.17. The number of unbranched alkanes of at least 4 members (excludes halogenated alkanes) is 24. The molecule has 0 aliphatic heterocycles. The molecule has 408 valence electrons. The van der Waals surface area contributed by atoms with E-state index in [2.05, 4.69) is 77.9 Å². The molecule has 0 spiro atoms. The van der Waals surface area contributed by atoms with Gasteiger partial charge in [0.15, 0.2) is 0 Å². The zero-order valence-corrected chi connectivity index (χ0v) is 49.6. The molecule has 0 bridgehead atoms. The van der Waals surface area contributed by atoms with E-state index in [1.807, 2.05) is 0 Å². The third-order valence-electron chi connectivity index (χ3n) is 19.3. The fraction of sp³-hybridized carbons (Fsp3) is 0.553. The molecule has 76 heavy (non-hydrogen) atoms. The van der Waals surface area contributed by atoms with E-state index in [4.69, 9.17) is 39.5 Å². The topological polar surface area (TPSA) is 0 Å². The van der Waals surface area contributed by atoms with E-state index in [9.17, 15) is 0 Å². The molecule has 6 aromatic carbocycles. The van der Waals surface area contributed by atoms with Gasteiger partial charge in [-0.25, -0.2) is 0 Å². The maximum absolute atomic E-state index is 5.17. The summed E-state index contributed by atoms with van der Waals surface area (Å²) < 4.78 is 0. The van der Waals surface area contributed by atoms with Crippen LogP contribution in [0.2, 0.25) is 0 Å². The molecule has 0 radical (unpaired) electrons. The van der Waals surface area contributed by atoms with Gasteiger partial charge in [0.1, 0.15) is 0 Å². The van der Waals surface area contributed by atoms with Gasteiger partial charge in [-0.15, -0.1) is 0 Å². The predicted molar refractivity (Wildman–Crippen MR) is 346 cm³/mol. The normalized spacial score (nSPS) is 15.8. The predicted octanol–water partition coefficient (Wildman–Crippen LogP) is 25.5. The highest BCUT2D eigenvalue weighted by Gasteiger charge is 2.38. The first kappa shape index (κ1) is 57.7. The molecule has 6 aromatic rings. The van der Waals surface area contributed by atoms with Crippen molar-refractivity contribution in [3.63, 3.8) is 0 Å². The number of hydrogen-bond donors (Lipinski definition) is 0. The Morgan fingerprint density at radius 1 is 0.329 bits per heavy atom. The minimum atomic E-state index is 0.240. The van der Waals surface area contributed by atoms with Crippen LogP contribution in [0.3, 0.4) is 0 Å². The Labute approximate surface area is 464 Å². The van der Waals surface area contributed by atoms with Crippen LogP contribution in [0.5, 0.6) is 0 Å². The average molecular weight is 1020 g/mol. The van der Waals surface area contributed by atoms with E-state index < -0.39 is 0 Å². The lowest BCUT2D eigenvalue weighted by Crippen LogP contribution is -2.22. The van der Waals surface area contributed by atoms with Crippen LogP contribution in [0.1, 0.15) is 280 Å². The highest BCUT2D eigenvalue weighted by atomic mass is 14.4. The lowest BCUT2D eigenvalue weighted by atomic mass is 9.65. The summed E-state index contributed by atoms with van der Waals surface area (Å²) in [7, 11) is 0. The lowest BCUT2D eigenvalue weighted by Gasteiger charge is -2.38. The lowest BCUT2D eigenvalue weighted by molar-refractivity contribution is 0.369. The first-order valence-corrected chi connectivity index (χ1v) is 32.1. The minimum absolute atomic E-state index is 0.240. The fourth-order valence-corrected chi connectivity index (χ4v) is 15.3. The van der Waals surface area contributed by atoms with Gasteiger partial charge < -0.3 is 0 Å². The summed E-state index contributed by atoms with van der Waals surface area (Å²) in [5, 5.41) is 13.6. The van der Waals surface area contributed by atoms with Gasteiger partial charge >= 0.3 is 0 Å². The van der Waals surface area contributed by atoms with Crippen LogP contribution in [0.25, 0.3) is 87.3 Å². The molecule has 2 atom stereocenters. The van der Waals surface area contributed by atoms with Crippen molar-refractivity contribution < 1.29 is 0 Å². The second-order valence-corrected chi connectivity index (χ2v) is 25.0. The van der Waals surface area contributed by atoms with Gasteiger partial charge in [-0.3, -0.25) is 0 Å². The fourth-order valence-electron chi connectivity index (χ4n) is 15.3. The number of hydrogen-bond acceptors (Lipinski definition) is 0. The largest absolute Gasteiger partial charge is 0.0955 e. The van der Waals surface area contributed by atoms with Crippen molar-refractivity contribution in [1.29, 1.82) is 0 Å². The van der Waals surface area contributed by atoms with Gasteiger partial charge in [0.25, 0.3) is 0 Å². The number of allylic oxidation sites excluding steroid dienone is 6. The molecule has 2 aliphatic rings. The summed E-state index contributed by atoms with van der Waals surface area (Å²) in [6.07, 6.45) is 42.7. The number of rotatable bonds is 36. The van der Waals surface area contributed by atoms with Gasteiger partial charge in [-0.2, -0.15) is 0 Å². The van der Waals surface area contributed by atoms with Gasteiger partial charge in [0.05, 0.1) is 0 Å². The Kier molecular flexibility index (Phi) is 20.9. The standard InChI is InChI=1S/C76H104/c1-13-17-21-25-29-33-37-41-57(42-38-34-30-26-22-18-14-2)69-53(9)59-45-47-61-62-48-46-60-54(10)70(58(43-39-35-31-27-23-19-15-3)44-40-36-32-28-24-20-16-4)56(12)64-50-66-68(52(7)8)67(51(5)6)65-49-63(55(69)11)71(59)73(61)75(65)76(66)74(62)72(60)64/h45-50,57-58,69-70H,5,7,9-44H2,1-4,6,8H3. The van der Waals surface area contributed by atoms with Crippen LogP contribution in [-0.2, 0) is 0 Å². The molecule has 0 heteroatoms. The van der Waals surface area contributed by atoms with Crippen LogP contribution < -0.4 is 0 Å². The molecular weight excluding hydrogens is 913 g/mol. The first-order chi connectivity index (χ1) is 37.0. The van der Waals surface area contributed by atoms with E-state index in [-0.39, 0.29) is 11.8 Å². The SMILES string of the molecule is C=C(C)c1c(C(=C)C)c2cc3c4c(ccc5c6ccc7c8c(cc1c(c86)c2c45)C(=C)C(C(CCCCCCCCC)CCCCCCCCC)C7=C)C(=C)C(C(CCCCCCCCC)CCCCCCCCC)C3=C. The van der Waals surface area contributed by atoms with Gasteiger partial charge in [-0.1, -0.05) is 271 Å². The summed E-state index contributed by atoms with van der Waals surface area (Å²) in [4.78, 5) is 0. The van der Waals surface area contributed by atoms with Crippen molar-refractivity contribution in [2.75, 3.05) is 0 Å². The summed E-state index contributed by atoms with van der Waals surface area (Å²) in [5.74, 6) is 1.56. The Bertz CT molecular complexity index is 2740. The molecule has 2 unspecified atom stereocenters. The molecule has 0 saturated heterocycles. The van der Waals surface area contributed by atoms with Crippen LogP contribution in [0.15, 0.2) is 75.9 Å². The van der Waals surface area contributed by atoms with Gasteiger partial charge in [0, 0.05) is 11.8 Å². The zero-order chi connectivity index (χ0) is 53.9. The number of benzene rings is 6. The summed E-state index contributed by atoms with van der Waals surface area (Å²) >= 11 is 0. The van der Waals surface area contributed by atoms with Crippen molar-refractivity contribution in [2.45, 2.75) is 247 Å². The van der Waals surface area contributed by atoms with E-state index >= 15 is 0 Å². The summed E-state index contributed by atoms with van der Waals surface area (Å²) in [6.45, 7) is 43.9. The smallest absolute Gasteiger partial charge is 0.0118 e. The maximum Gasteiger partial charge on any atom is 0.0118 e. The average Bonchev–Trinajstić information content (AvgIpc) is 3.41. The molecule has 2 aliphatic carbocycles. The second kappa shape index (κ2) is 27.4. The van der Waals surface area contributed by atoms with E-state index in [0.29, 0.717) is 11.8 Å². The molecule has 0 fully saturated rings. The molecule has 0 amide bonds. The third-order valence-corrected chi connectivity index (χ3v) is 19.3. The monoisotopic (exact) mass is 1020 g/mol. The van der Waals surface area contributed by atoms with E-state index in [1.165, 1.54) is 315 Å². The molecule has 0 nitrogen and oxygen atoms in total. The molecule has 8 rings (SSSR count). The summed E-state index contributed by atoms with van der Waals surface area (Å²) in [5.41, 5.74) is 15.2. The Morgan fingerprint density at radius 2 is 0.579 bits per heavy atom. The van der Waals surface area contributed by atoms with Crippen LogP contribution in [-0.4, -0.2) is 0 Å². The van der Waals surface area contributed by atoms with Gasteiger partial charge in [-0.05, 0) is 184 Å². The van der Waals surface area contributed by atoms with Crippen molar-refractivity contribution in [2.24, 2.45) is 23.7 Å². The Hall–Kier alpha value is -4.42. The van der Waals surface area contributed by atoms with Gasteiger partial charge in [0.2, 0.25) is 0 Å². The van der Waals surface area contributed by atoms with Crippen LogP contribution in [0.4, 0.5) is 0 Å². The molecule has 0 heterocycles. The minimum Gasteiger partial charge on any atom is -0.0955 e. The van der Waals surface area contributed by atoms with E-state index in [0.717, 1.165) is 11.1 Å². The summed E-state index contributed by atoms with van der Waals surface area (Å²) in [6, 6.07) is 15.1. The van der Waals surface area contributed by atoms with Crippen molar-refractivity contribution in [3.8, 4) is 0 Å². The van der Waals surface area contributed by atoms with Crippen molar-refractivity contribution in [1.82, 2.24) is 0 Å². The van der Waals surface area contributed by atoms with Crippen LogP contribution >= 0.6 is 0 Å². The zero-order valence-electron chi connectivity index (χ0n) is 49.6. The van der Waals surface area contributed by atoms with Crippen LogP contribution in [0, 0.1) is 23.7 Å². The quantitative estimate of drug-likeness (QED) is 0.0209.